The van der Waals surface area contributed by atoms with Crippen molar-refractivity contribution in [2.45, 2.75) is 0 Å². The van der Waals surface area contributed by atoms with Crippen LogP contribution in [0.4, 0.5) is 0 Å². The Morgan fingerprint density at radius 2 is 2.17 bits per heavy atom. The molecule has 0 unspecified atom stereocenters. The highest BCUT2D eigenvalue weighted by atomic mass is 15.0. The first-order valence-electron chi connectivity index (χ1n) is 1.53. The predicted molar refractivity (Wildman–Crippen MR) is 25.0 cm³/mol. The average molecular weight is 85.1 g/mol. The van der Waals surface area contributed by atoms with Gasteiger partial charge in [-0.2, -0.15) is 0 Å². The molecule has 0 spiro atoms. The molecule has 6 heavy (non-hydrogen) atoms. The van der Waals surface area contributed by atoms with Gasteiger partial charge in [-0.15, -0.1) is 0 Å². The van der Waals surface area contributed by atoms with Crippen molar-refractivity contribution < 1.29 is 0 Å². The van der Waals surface area contributed by atoms with Crippen LogP contribution < -0.4 is 11.5 Å². The third-order valence-electron chi connectivity index (χ3n) is 0.274. The molecule has 0 aliphatic heterocycles. The quantitative estimate of drug-likeness (QED) is 0.316. The molecule has 0 rings (SSSR count). The second-order valence-corrected chi connectivity index (χ2v) is 0.766. The molecule has 3 heteroatoms. The molecule has 0 bridgehead atoms. The van der Waals surface area contributed by atoms with Gasteiger partial charge in [0.2, 0.25) is 0 Å². The molecule has 0 aliphatic carbocycles. The van der Waals surface area contributed by atoms with Crippen LogP contribution in [0.5, 0.6) is 0 Å². The number of hydrogen-bond donors (Lipinski definition) is 2. The summed E-state index contributed by atoms with van der Waals surface area (Å²) < 4.78 is 0. The molecule has 0 saturated heterocycles. The van der Waals surface area contributed by atoms with Gasteiger partial charge < -0.3 is 11.5 Å². The lowest BCUT2D eigenvalue weighted by molar-refractivity contribution is 1.21. The molecule has 0 fully saturated rings. The zero-order valence-corrected chi connectivity index (χ0v) is 3.39. The van der Waals surface area contributed by atoms with Crippen molar-refractivity contribution in [2.75, 3.05) is 6.54 Å². The Hall–Kier alpha value is -0.730. The summed E-state index contributed by atoms with van der Waals surface area (Å²) in [5.74, 6) is 0.0394. The van der Waals surface area contributed by atoms with E-state index in [4.69, 9.17) is 18.4 Å². The topological polar surface area (TPSA) is 64.4 Å². The highest BCUT2D eigenvalue weighted by molar-refractivity contribution is 5.75. The summed E-state index contributed by atoms with van der Waals surface area (Å²) in [6.45, 7) is 5.05. The molecule has 34 valence electrons. The number of nitrogens with zero attached hydrogens (tertiary/aromatic N) is 1. The lowest BCUT2D eigenvalue weighted by Gasteiger charge is -1.82. The minimum atomic E-state index is 0.0394. The van der Waals surface area contributed by atoms with Crippen molar-refractivity contribution in [1.29, 1.82) is 0 Å². The van der Waals surface area contributed by atoms with Gasteiger partial charge in [-0.3, -0.25) is 4.99 Å². The Bertz CT molecular complexity index is 53.1. The van der Waals surface area contributed by atoms with Crippen LogP contribution in [-0.2, 0) is 0 Å². The second kappa shape index (κ2) is 2.50. The van der Waals surface area contributed by atoms with Crippen molar-refractivity contribution in [3.63, 3.8) is 0 Å². The summed E-state index contributed by atoms with van der Waals surface area (Å²) in [5.41, 5.74) is 9.70. The summed E-state index contributed by atoms with van der Waals surface area (Å²) in [7, 11) is 0. The number of nitrogens with two attached hydrogens (primary N) is 2. The fourth-order valence-electron chi connectivity index (χ4n) is 0.105. The fraction of sp³-hybridized carbons (Fsp3) is 0.333. The number of guanidine groups is 1. The second-order valence-electron chi connectivity index (χ2n) is 0.766. The van der Waals surface area contributed by atoms with Gasteiger partial charge >= 0.3 is 0 Å². The molecule has 0 heterocycles. The predicted octanol–water partition coefficient (Wildman–Crippen LogP) is -1.03. The van der Waals surface area contributed by atoms with Gasteiger partial charge in [0.25, 0.3) is 0 Å². The van der Waals surface area contributed by atoms with Crippen molar-refractivity contribution in [1.82, 2.24) is 0 Å². The van der Waals surface area contributed by atoms with Crippen LogP contribution in [0.1, 0.15) is 0 Å². The van der Waals surface area contributed by atoms with E-state index in [1.54, 1.807) is 0 Å². The first kappa shape index (κ1) is 5.27. The average Bonchev–Trinajstić information content (AvgIpc) is 1.35. The van der Waals surface area contributed by atoms with Crippen LogP contribution in [0.3, 0.4) is 0 Å². The lowest BCUT2D eigenvalue weighted by atomic mass is 10.8. The molecule has 0 saturated carbocycles. The standard InChI is InChI=1S/C3H7N3/c1-2-6-3(4)5/h1H,2H2,(H4,4,5,6). The van der Waals surface area contributed by atoms with E-state index in [1.165, 1.54) is 0 Å². The third-order valence-corrected chi connectivity index (χ3v) is 0.274. The summed E-state index contributed by atoms with van der Waals surface area (Å²) in [5, 5.41) is 0. The van der Waals surface area contributed by atoms with Crippen LogP contribution in [0.15, 0.2) is 4.99 Å². The molecule has 0 amide bonds. The molecule has 0 aliphatic rings. The van der Waals surface area contributed by atoms with E-state index in [0.717, 1.165) is 0 Å². The highest BCUT2D eigenvalue weighted by Crippen LogP contribution is 1.57. The zero-order chi connectivity index (χ0) is 4.99. The normalized spacial score (nSPS) is 7.50. The van der Waals surface area contributed by atoms with Gasteiger partial charge in [0.1, 0.15) is 0 Å². The van der Waals surface area contributed by atoms with Gasteiger partial charge in [0.05, 0.1) is 0 Å². The summed E-state index contributed by atoms with van der Waals surface area (Å²) in [6.07, 6.45) is 0. The SMILES string of the molecule is [CH]CN=C(N)N. The fourth-order valence-corrected chi connectivity index (χ4v) is 0.105. The van der Waals surface area contributed by atoms with Crippen LogP contribution >= 0.6 is 0 Å². The molecule has 2 radical (unpaired) electrons. The first-order valence-corrected chi connectivity index (χ1v) is 1.53. The van der Waals surface area contributed by atoms with Gasteiger partial charge in [0, 0.05) is 6.54 Å². The van der Waals surface area contributed by atoms with Crippen molar-refractivity contribution >= 4 is 5.96 Å². The monoisotopic (exact) mass is 85.1 g/mol. The molecular formula is C3H7N3. The molecule has 0 aromatic heterocycles. The summed E-state index contributed by atoms with van der Waals surface area (Å²) in [6, 6.07) is 0. The van der Waals surface area contributed by atoms with Gasteiger partial charge in [-0.25, -0.2) is 0 Å². The van der Waals surface area contributed by atoms with Crippen LogP contribution in [0, 0.1) is 6.92 Å². The molecular weight excluding hydrogens is 78.1 g/mol. The lowest BCUT2D eigenvalue weighted by Crippen LogP contribution is -2.22. The van der Waals surface area contributed by atoms with E-state index in [9.17, 15) is 0 Å². The number of rotatable bonds is 1. The smallest absolute Gasteiger partial charge is 0.185 e. The molecule has 3 nitrogen and oxygen atoms in total. The molecule has 0 aromatic carbocycles. The highest BCUT2D eigenvalue weighted by Gasteiger charge is 1.68. The van der Waals surface area contributed by atoms with E-state index in [2.05, 4.69) is 4.99 Å². The maximum atomic E-state index is 4.88. The van der Waals surface area contributed by atoms with E-state index in [0.29, 0.717) is 0 Å². The Balaban J connectivity index is 3.14. The van der Waals surface area contributed by atoms with E-state index in [1.807, 2.05) is 0 Å². The van der Waals surface area contributed by atoms with E-state index in [-0.39, 0.29) is 12.5 Å². The van der Waals surface area contributed by atoms with Crippen molar-refractivity contribution in [3.05, 3.63) is 6.92 Å². The van der Waals surface area contributed by atoms with Crippen molar-refractivity contribution in [2.24, 2.45) is 16.5 Å². The van der Waals surface area contributed by atoms with E-state index >= 15 is 0 Å². The summed E-state index contributed by atoms with van der Waals surface area (Å²) >= 11 is 0. The van der Waals surface area contributed by atoms with Gasteiger partial charge in [0.15, 0.2) is 5.96 Å². The molecule has 4 N–H and O–H groups in total. The van der Waals surface area contributed by atoms with Crippen LogP contribution in [0.25, 0.3) is 0 Å². The van der Waals surface area contributed by atoms with Gasteiger partial charge in [-0.1, -0.05) is 0 Å². The minimum absolute atomic E-state index is 0.0394. The molecule has 0 aromatic rings. The van der Waals surface area contributed by atoms with Gasteiger partial charge in [-0.05, 0) is 6.92 Å². The Kier molecular flexibility index (Phi) is 2.20. The van der Waals surface area contributed by atoms with E-state index < -0.39 is 0 Å². The van der Waals surface area contributed by atoms with Crippen LogP contribution in [-0.4, -0.2) is 12.5 Å². The maximum absolute atomic E-state index is 4.88. The third kappa shape index (κ3) is 3.27. The Labute approximate surface area is 37.0 Å². The maximum Gasteiger partial charge on any atom is 0.185 e. The Morgan fingerprint density at radius 3 is 2.17 bits per heavy atom. The summed E-state index contributed by atoms with van der Waals surface area (Å²) in [4.78, 5) is 3.38. The largest absolute Gasteiger partial charge is 0.370 e. The Morgan fingerprint density at radius 1 is 1.67 bits per heavy atom. The minimum Gasteiger partial charge on any atom is -0.370 e. The first-order chi connectivity index (χ1) is 2.77. The molecule has 0 atom stereocenters. The van der Waals surface area contributed by atoms with Crippen molar-refractivity contribution in [3.8, 4) is 0 Å². The number of aliphatic imine (C=N–C) groups is 1. The number of hydrogen-bond acceptors (Lipinski definition) is 1. The van der Waals surface area contributed by atoms with Crippen LogP contribution in [0.2, 0.25) is 0 Å². The zero-order valence-electron chi connectivity index (χ0n) is 3.39.